The van der Waals surface area contributed by atoms with Crippen molar-refractivity contribution in [1.82, 2.24) is 9.97 Å². The molecule has 2 heterocycles. The lowest BCUT2D eigenvalue weighted by atomic mass is 10.1. The molecule has 0 aromatic carbocycles. The van der Waals surface area contributed by atoms with Crippen molar-refractivity contribution in [3.05, 3.63) is 45.0 Å². The molecule has 2 N–H and O–H groups in total. The van der Waals surface area contributed by atoms with Crippen LogP contribution in [0.3, 0.4) is 0 Å². The van der Waals surface area contributed by atoms with Crippen molar-refractivity contribution in [3.63, 3.8) is 0 Å². The molecule has 2 aromatic rings. The number of hydrogen-bond donors (Lipinski definition) is 2. The van der Waals surface area contributed by atoms with Gasteiger partial charge in [0.2, 0.25) is 0 Å². The Morgan fingerprint density at radius 2 is 1.05 bits per heavy atom. The number of hydrogen-bond acceptors (Lipinski definition) is 9. The monoisotopic (exact) mass is 548 g/mol. The number of aromatic amines is 2. The second-order valence-corrected chi connectivity index (χ2v) is 10.6. The van der Waals surface area contributed by atoms with E-state index in [0.29, 0.717) is 41.0 Å². The number of carbonyl (C=O) groups excluding carboxylic acids is 5. The predicted molar refractivity (Wildman–Crippen MR) is 143 cm³/mol. The Labute approximate surface area is 228 Å². The van der Waals surface area contributed by atoms with E-state index in [4.69, 9.17) is 18.9 Å². The smallest absolute Gasteiger partial charge is 0.355 e. The van der Waals surface area contributed by atoms with E-state index in [9.17, 15) is 24.0 Å². The first-order valence-electron chi connectivity index (χ1n) is 12.6. The fourth-order valence-corrected chi connectivity index (χ4v) is 3.50. The third-order valence-electron chi connectivity index (χ3n) is 5.00. The molecule has 11 heteroatoms. The third kappa shape index (κ3) is 9.12. The lowest BCUT2D eigenvalue weighted by Gasteiger charge is -2.19. The first-order chi connectivity index (χ1) is 17.9. The van der Waals surface area contributed by atoms with Gasteiger partial charge >= 0.3 is 23.9 Å². The number of ether oxygens (including phenoxy) is 4. The standard InChI is InChI=1S/C14H19NO5.C14H21NO4/c1-6-19-12(17)10-8(2)11(15-9(10)7-16)13(18)20-14(3,4)5;1-7-18-12(16)10-8(2)11(15-9(10)3)13(17)19-14(4,5)6/h7,15H,6H2,1-5H3;15H,7H2,1-6H3. The highest BCUT2D eigenvalue weighted by atomic mass is 16.6. The molecule has 2 rings (SSSR count). The van der Waals surface area contributed by atoms with Crippen LogP contribution in [-0.4, -0.2) is 64.5 Å². The number of H-pyrrole nitrogens is 2. The molecule has 216 valence electrons. The van der Waals surface area contributed by atoms with Gasteiger partial charge in [-0.25, -0.2) is 19.2 Å². The lowest BCUT2D eigenvalue weighted by molar-refractivity contribution is 0.00501. The molecule has 0 aliphatic heterocycles. The predicted octanol–water partition coefficient (Wildman–Crippen LogP) is 5.03. The van der Waals surface area contributed by atoms with E-state index >= 15 is 0 Å². The summed E-state index contributed by atoms with van der Waals surface area (Å²) in [7, 11) is 0. The Morgan fingerprint density at radius 1 is 0.667 bits per heavy atom. The molecule has 0 amide bonds. The van der Waals surface area contributed by atoms with Crippen molar-refractivity contribution in [2.45, 2.75) is 87.4 Å². The zero-order valence-corrected chi connectivity index (χ0v) is 24.7. The number of aromatic nitrogens is 2. The van der Waals surface area contributed by atoms with Gasteiger partial charge in [0, 0.05) is 5.69 Å². The molecule has 0 bridgehead atoms. The Kier molecular flexibility index (Phi) is 11.3. The van der Waals surface area contributed by atoms with E-state index < -0.39 is 35.1 Å². The highest BCUT2D eigenvalue weighted by molar-refractivity contribution is 6.03. The van der Waals surface area contributed by atoms with Gasteiger partial charge in [0.1, 0.15) is 22.6 Å². The molecule has 39 heavy (non-hydrogen) atoms. The summed E-state index contributed by atoms with van der Waals surface area (Å²) in [6.45, 7) is 19.5. The number of aryl methyl sites for hydroxylation is 1. The first kappa shape index (κ1) is 33.1. The van der Waals surface area contributed by atoms with Gasteiger partial charge in [-0.2, -0.15) is 0 Å². The van der Waals surface area contributed by atoms with Gasteiger partial charge in [-0.15, -0.1) is 0 Å². The number of esters is 4. The van der Waals surface area contributed by atoms with E-state index in [1.165, 1.54) is 0 Å². The molecule has 0 atom stereocenters. The van der Waals surface area contributed by atoms with Crippen LogP contribution in [0, 0.1) is 20.8 Å². The molecule has 2 aromatic heterocycles. The van der Waals surface area contributed by atoms with Gasteiger partial charge in [0.25, 0.3) is 0 Å². The topological polar surface area (TPSA) is 154 Å². The van der Waals surface area contributed by atoms with Crippen molar-refractivity contribution in [1.29, 1.82) is 0 Å². The van der Waals surface area contributed by atoms with Gasteiger partial charge in [-0.05, 0) is 87.3 Å². The second-order valence-electron chi connectivity index (χ2n) is 10.6. The van der Waals surface area contributed by atoms with Crippen LogP contribution >= 0.6 is 0 Å². The van der Waals surface area contributed by atoms with Gasteiger partial charge < -0.3 is 28.9 Å². The van der Waals surface area contributed by atoms with Crippen LogP contribution in [-0.2, 0) is 18.9 Å². The van der Waals surface area contributed by atoms with Crippen LogP contribution in [0.1, 0.15) is 124 Å². The zero-order chi connectivity index (χ0) is 30.3. The summed E-state index contributed by atoms with van der Waals surface area (Å²) in [5.41, 5.74) is 1.15. The molecule has 0 spiro atoms. The van der Waals surface area contributed by atoms with Gasteiger partial charge in [-0.3, -0.25) is 4.79 Å². The molecule has 0 unspecified atom stereocenters. The normalized spacial score (nSPS) is 11.2. The molecular formula is C28H40N2O9. The largest absolute Gasteiger partial charge is 0.462 e. The first-order valence-corrected chi connectivity index (χ1v) is 12.6. The van der Waals surface area contributed by atoms with Crippen molar-refractivity contribution in [2.75, 3.05) is 13.2 Å². The summed E-state index contributed by atoms with van der Waals surface area (Å²) < 4.78 is 20.4. The van der Waals surface area contributed by atoms with E-state index in [-0.39, 0.29) is 23.6 Å². The molecule has 0 aliphatic rings. The van der Waals surface area contributed by atoms with E-state index in [2.05, 4.69) is 9.97 Å². The fourth-order valence-electron chi connectivity index (χ4n) is 3.50. The van der Waals surface area contributed by atoms with Crippen molar-refractivity contribution >= 4 is 30.2 Å². The maximum Gasteiger partial charge on any atom is 0.355 e. The van der Waals surface area contributed by atoms with Crippen LogP contribution in [0.25, 0.3) is 0 Å². The minimum Gasteiger partial charge on any atom is -0.462 e. The average Bonchev–Trinajstić information content (AvgIpc) is 3.27. The molecule has 0 saturated heterocycles. The molecule has 0 aliphatic carbocycles. The number of nitrogens with one attached hydrogen (secondary N) is 2. The van der Waals surface area contributed by atoms with Gasteiger partial charge in [0.05, 0.1) is 30.0 Å². The summed E-state index contributed by atoms with van der Waals surface area (Å²) in [6, 6.07) is 0. The molecule has 0 saturated carbocycles. The average molecular weight is 549 g/mol. The Bertz CT molecular complexity index is 1220. The van der Waals surface area contributed by atoms with Crippen molar-refractivity contribution < 1.29 is 42.9 Å². The van der Waals surface area contributed by atoms with Crippen LogP contribution < -0.4 is 0 Å². The molecule has 11 nitrogen and oxygen atoms in total. The molecular weight excluding hydrogens is 508 g/mol. The van der Waals surface area contributed by atoms with Crippen LogP contribution in [0.4, 0.5) is 0 Å². The van der Waals surface area contributed by atoms with E-state index in [1.807, 2.05) is 0 Å². The number of aldehydes is 1. The molecule has 0 radical (unpaired) electrons. The van der Waals surface area contributed by atoms with Gasteiger partial charge in [0.15, 0.2) is 6.29 Å². The van der Waals surface area contributed by atoms with Crippen LogP contribution in [0.5, 0.6) is 0 Å². The summed E-state index contributed by atoms with van der Waals surface area (Å²) in [4.78, 5) is 64.2. The summed E-state index contributed by atoms with van der Waals surface area (Å²) >= 11 is 0. The van der Waals surface area contributed by atoms with Gasteiger partial charge in [-0.1, -0.05) is 0 Å². The fraction of sp³-hybridized carbons (Fsp3) is 0.536. The minimum absolute atomic E-state index is 0.0156. The molecule has 0 fully saturated rings. The summed E-state index contributed by atoms with van der Waals surface area (Å²) in [5, 5.41) is 0. The van der Waals surface area contributed by atoms with Crippen LogP contribution in [0.2, 0.25) is 0 Å². The van der Waals surface area contributed by atoms with Crippen molar-refractivity contribution in [3.8, 4) is 0 Å². The highest BCUT2D eigenvalue weighted by Crippen LogP contribution is 2.23. The quantitative estimate of drug-likeness (QED) is 0.275. The summed E-state index contributed by atoms with van der Waals surface area (Å²) in [5.74, 6) is -2.15. The Morgan fingerprint density at radius 3 is 1.44 bits per heavy atom. The SMILES string of the molecule is CCOC(=O)c1c(C)[nH]c(C(=O)OC(C)(C)C)c1C.CCOC(=O)c1c(C=O)[nH]c(C(=O)OC(C)(C)C)c1C. The van der Waals surface area contributed by atoms with Crippen LogP contribution in [0.15, 0.2) is 0 Å². The highest BCUT2D eigenvalue weighted by Gasteiger charge is 2.28. The maximum atomic E-state index is 12.0. The Balaban J connectivity index is 0.000000391. The summed E-state index contributed by atoms with van der Waals surface area (Å²) in [6.07, 6.45) is 0.479. The van der Waals surface area contributed by atoms with E-state index in [0.717, 1.165) is 0 Å². The third-order valence-corrected chi connectivity index (χ3v) is 5.00. The van der Waals surface area contributed by atoms with E-state index in [1.54, 1.807) is 76.2 Å². The number of carbonyl (C=O) groups is 5. The number of rotatable bonds is 7. The second kappa shape index (κ2) is 13.3. The lowest BCUT2D eigenvalue weighted by Crippen LogP contribution is -2.24. The zero-order valence-electron chi connectivity index (χ0n) is 24.7. The van der Waals surface area contributed by atoms with Crippen molar-refractivity contribution in [2.24, 2.45) is 0 Å². The maximum absolute atomic E-state index is 12.0. The Hall–Kier alpha value is -3.89. The minimum atomic E-state index is -0.667.